The molecule has 0 N–H and O–H groups in total. The number of nitrogens with zero attached hydrogens (tertiary/aromatic N) is 2. The maximum absolute atomic E-state index is 12.0. The Labute approximate surface area is 155 Å². The van der Waals surface area contributed by atoms with Crippen molar-refractivity contribution in [2.24, 2.45) is 0 Å². The summed E-state index contributed by atoms with van der Waals surface area (Å²) in [5.41, 5.74) is 0.731. The van der Waals surface area contributed by atoms with E-state index in [1.807, 2.05) is 32.9 Å². The molecule has 1 aromatic carbocycles. The van der Waals surface area contributed by atoms with E-state index in [9.17, 15) is 4.79 Å². The van der Waals surface area contributed by atoms with Gasteiger partial charge in [-0.15, -0.1) is 0 Å². The van der Waals surface area contributed by atoms with Crippen LogP contribution in [0, 0.1) is 0 Å². The van der Waals surface area contributed by atoms with Gasteiger partial charge in [-0.25, -0.2) is 4.79 Å². The molecule has 1 fully saturated rings. The van der Waals surface area contributed by atoms with Gasteiger partial charge in [0.15, 0.2) is 5.82 Å². The highest BCUT2D eigenvalue weighted by Gasteiger charge is 2.50. The van der Waals surface area contributed by atoms with Crippen LogP contribution in [0.4, 0.5) is 0 Å². The Morgan fingerprint density at radius 2 is 1.96 bits per heavy atom. The molecule has 1 aliphatic rings. The molecule has 132 valence electrons. The molecule has 1 aromatic heterocycles. The molecule has 0 spiro atoms. The number of carbonyl (C=O) groups is 1. The van der Waals surface area contributed by atoms with Crippen molar-refractivity contribution in [1.82, 2.24) is 10.1 Å². The lowest BCUT2D eigenvalue weighted by molar-refractivity contribution is -0.149. The molecule has 0 atom stereocenters. The fraction of sp³-hybridized carbons (Fsp3) is 0.421. The van der Waals surface area contributed by atoms with E-state index in [0.29, 0.717) is 17.3 Å². The van der Waals surface area contributed by atoms with Gasteiger partial charge in [0.05, 0.1) is 5.41 Å². The Hall–Kier alpha value is -1.95. The summed E-state index contributed by atoms with van der Waals surface area (Å²) in [6, 6.07) is 8.16. The average molecular weight is 405 g/mol. The number of hydrogen-bond donors (Lipinski definition) is 0. The third kappa shape index (κ3) is 4.00. The van der Waals surface area contributed by atoms with Crippen molar-refractivity contribution in [3.8, 4) is 0 Å². The van der Waals surface area contributed by atoms with Gasteiger partial charge in [0, 0.05) is 16.5 Å². The summed E-state index contributed by atoms with van der Waals surface area (Å²) in [4.78, 5) is 16.5. The topological polar surface area (TPSA) is 65.2 Å². The smallest absolute Gasteiger partial charge is 0.334 e. The van der Waals surface area contributed by atoms with Gasteiger partial charge in [-0.05, 0) is 51.3 Å². The van der Waals surface area contributed by atoms with E-state index in [4.69, 9.17) is 9.26 Å². The second-order valence-electron chi connectivity index (χ2n) is 7.39. The largest absolute Gasteiger partial charge is 0.457 e. The summed E-state index contributed by atoms with van der Waals surface area (Å²) >= 11 is 3.45. The number of ether oxygens (including phenoxy) is 1. The number of rotatable bonds is 5. The van der Waals surface area contributed by atoms with Gasteiger partial charge in [-0.1, -0.05) is 39.8 Å². The summed E-state index contributed by atoms with van der Waals surface area (Å²) in [6.07, 6.45) is 2.17. The van der Waals surface area contributed by atoms with Crippen LogP contribution in [0.2, 0.25) is 0 Å². The van der Waals surface area contributed by atoms with E-state index in [1.54, 1.807) is 0 Å². The summed E-state index contributed by atoms with van der Waals surface area (Å²) in [5.74, 6) is 0.615. The Balaban J connectivity index is 1.72. The van der Waals surface area contributed by atoms with Crippen LogP contribution in [0.15, 0.2) is 45.4 Å². The van der Waals surface area contributed by atoms with Gasteiger partial charge in [0.2, 0.25) is 5.89 Å². The van der Waals surface area contributed by atoms with Crippen LogP contribution in [0.5, 0.6) is 0 Å². The highest BCUT2D eigenvalue weighted by Crippen LogP contribution is 2.52. The molecular formula is C19H21BrN2O3. The summed E-state index contributed by atoms with van der Waals surface area (Å²) in [5, 5.41) is 4.02. The van der Waals surface area contributed by atoms with E-state index in [0.717, 1.165) is 22.9 Å². The first-order valence-electron chi connectivity index (χ1n) is 8.20. The molecule has 3 rings (SSSR count). The zero-order valence-electron chi connectivity index (χ0n) is 14.6. The van der Waals surface area contributed by atoms with Crippen molar-refractivity contribution < 1.29 is 14.1 Å². The van der Waals surface area contributed by atoms with Crippen LogP contribution in [0.3, 0.4) is 0 Å². The minimum atomic E-state index is -0.553. The van der Waals surface area contributed by atoms with Crippen molar-refractivity contribution in [3.05, 3.63) is 58.2 Å². The van der Waals surface area contributed by atoms with E-state index in [1.165, 1.54) is 0 Å². The minimum absolute atomic E-state index is 0.195. The first-order valence-corrected chi connectivity index (χ1v) is 8.99. The van der Waals surface area contributed by atoms with Crippen LogP contribution in [-0.2, 0) is 21.4 Å². The molecule has 0 saturated heterocycles. The first kappa shape index (κ1) is 17.9. The predicted octanol–water partition coefficient (Wildman–Crippen LogP) is 4.35. The Bertz CT molecular complexity index is 799. The van der Waals surface area contributed by atoms with Gasteiger partial charge in [-0.2, -0.15) is 4.98 Å². The molecule has 1 saturated carbocycles. The molecule has 6 heteroatoms. The Morgan fingerprint density at radius 1 is 1.32 bits per heavy atom. The lowest BCUT2D eigenvalue weighted by Gasteiger charge is -2.19. The molecule has 0 aliphatic heterocycles. The van der Waals surface area contributed by atoms with E-state index in [2.05, 4.69) is 44.8 Å². The molecule has 0 amide bonds. The fourth-order valence-corrected chi connectivity index (χ4v) is 2.92. The lowest BCUT2D eigenvalue weighted by atomic mass is 9.96. The Morgan fingerprint density at radius 3 is 2.52 bits per heavy atom. The number of esters is 1. The highest BCUT2D eigenvalue weighted by molar-refractivity contribution is 9.10. The molecule has 0 radical (unpaired) electrons. The fourth-order valence-electron chi connectivity index (χ4n) is 2.65. The summed E-state index contributed by atoms with van der Waals surface area (Å²) in [7, 11) is 0. The molecular weight excluding hydrogens is 384 g/mol. The molecule has 1 aliphatic carbocycles. The van der Waals surface area contributed by atoms with Crippen molar-refractivity contribution in [2.45, 2.75) is 51.0 Å². The third-order valence-electron chi connectivity index (χ3n) is 4.08. The maximum atomic E-state index is 12.0. The van der Waals surface area contributed by atoms with Crippen LogP contribution >= 0.6 is 15.9 Å². The zero-order valence-corrected chi connectivity index (χ0v) is 16.2. The first-order chi connectivity index (χ1) is 11.7. The summed E-state index contributed by atoms with van der Waals surface area (Å²) < 4.78 is 11.8. The van der Waals surface area contributed by atoms with Crippen LogP contribution < -0.4 is 0 Å². The number of aromatic nitrogens is 2. The van der Waals surface area contributed by atoms with Gasteiger partial charge in [0.1, 0.15) is 5.60 Å². The van der Waals surface area contributed by atoms with Crippen LogP contribution in [0.1, 0.15) is 50.9 Å². The number of hydrogen-bond acceptors (Lipinski definition) is 5. The van der Waals surface area contributed by atoms with E-state index >= 15 is 0 Å². The quantitative estimate of drug-likeness (QED) is 0.547. The number of carbonyl (C=O) groups excluding carboxylic acids is 1. The van der Waals surface area contributed by atoms with Gasteiger partial charge < -0.3 is 9.26 Å². The normalized spacial score (nSPS) is 15.7. The zero-order chi connectivity index (χ0) is 18.2. The van der Waals surface area contributed by atoms with Crippen molar-refractivity contribution in [3.63, 3.8) is 0 Å². The molecule has 0 unspecified atom stereocenters. The van der Waals surface area contributed by atoms with Crippen molar-refractivity contribution in [1.29, 1.82) is 0 Å². The monoisotopic (exact) mass is 404 g/mol. The van der Waals surface area contributed by atoms with Gasteiger partial charge >= 0.3 is 5.97 Å². The molecule has 5 nitrogen and oxygen atoms in total. The summed E-state index contributed by atoms with van der Waals surface area (Å²) in [6.45, 7) is 9.25. The van der Waals surface area contributed by atoms with Crippen LogP contribution in [-0.4, -0.2) is 21.7 Å². The Kier molecular flexibility index (Phi) is 4.58. The second-order valence-corrected chi connectivity index (χ2v) is 8.30. The number of halogens is 1. The third-order valence-corrected chi connectivity index (χ3v) is 4.61. The molecule has 1 heterocycles. The average Bonchev–Trinajstić information content (AvgIpc) is 3.19. The van der Waals surface area contributed by atoms with Crippen molar-refractivity contribution >= 4 is 21.9 Å². The SMILES string of the molecule is C=C(Cc1noc(C2(c3ccc(Br)cc3)CC2)n1)C(=O)OC(C)(C)C. The van der Waals surface area contributed by atoms with Crippen LogP contribution in [0.25, 0.3) is 0 Å². The van der Waals surface area contributed by atoms with Gasteiger partial charge in [-0.3, -0.25) is 0 Å². The second kappa shape index (κ2) is 6.41. The standard InChI is InChI=1S/C19H21BrN2O3/c1-12(16(23)24-18(2,3)4)11-15-21-17(25-22-15)19(9-10-19)13-5-7-14(20)8-6-13/h5-8H,1,9-11H2,2-4H3. The predicted molar refractivity (Wildman–Crippen MR) is 97.1 cm³/mol. The lowest BCUT2D eigenvalue weighted by Crippen LogP contribution is -2.25. The molecule has 25 heavy (non-hydrogen) atoms. The van der Waals surface area contributed by atoms with Gasteiger partial charge in [0.25, 0.3) is 0 Å². The van der Waals surface area contributed by atoms with E-state index in [-0.39, 0.29) is 11.8 Å². The maximum Gasteiger partial charge on any atom is 0.334 e. The minimum Gasteiger partial charge on any atom is -0.457 e. The number of benzene rings is 1. The molecule has 2 aromatic rings. The van der Waals surface area contributed by atoms with Crippen molar-refractivity contribution in [2.75, 3.05) is 0 Å². The molecule has 0 bridgehead atoms. The highest BCUT2D eigenvalue weighted by atomic mass is 79.9. The van der Waals surface area contributed by atoms with E-state index < -0.39 is 11.6 Å².